The van der Waals surface area contributed by atoms with Crippen LogP contribution in [0.3, 0.4) is 0 Å². The molecule has 1 saturated carbocycles. The first-order valence-electron chi connectivity index (χ1n) is 4.09. The molecule has 0 N–H and O–H groups in total. The largest absolute Gasteiger partial charge is 0.304 e. The molecular weight excluding hydrogens is 110 g/mol. The molecule has 1 rings (SSSR count). The molecule has 1 nitrogen and oxygen atoms in total. The maximum absolute atomic E-state index is 2.51. The molecule has 1 fully saturated rings. The van der Waals surface area contributed by atoms with Crippen molar-refractivity contribution < 1.29 is 0 Å². The first-order valence-corrected chi connectivity index (χ1v) is 4.09. The summed E-state index contributed by atoms with van der Waals surface area (Å²) in [5.41, 5.74) is 0. The Balaban J connectivity index is 2.05. The standard InChI is InChI=1S/C8H17N/c1-3-9(4-2)7-8-5-6-8/h8H,3-7H2,1-2H3. The van der Waals surface area contributed by atoms with Gasteiger partial charge in [0.25, 0.3) is 0 Å². The van der Waals surface area contributed by atoms with Crippen molar-refractivity contribution in [3.63, 3.8) is 0 Å². The summed E-state index contributed by atoms with van der Waals surface area (Å²) in [5.74, 6) is 1.06. The van der Waals surface area contributed by atoms with Crippen LogP contribution in [0.4, 0.5) is 0 Å². The van der Waals surface area contributed by atoms with Crippen molar-refractivity contribution in [1.82, 2.24) is 4.90 Å². The number of nitrogens with zero attached hydrogens (tertiary/aromatic N) is 1. The van der Waals surface area contributed by atoms with Gasteiger partial charge in [0.2, 0.25) is 0 Å². The second-order valence-corrected chi connectivity index (χ2v) is 2.93. The fourth-order valence-electron chi connectivity index (χ4n) is 1.15. The van der Waals surface area contributed by atoms with E-state index in [1.165, 1.54) is 32.5 Å². The molecule has 0 bridgehead atoms. The zero-order valence-electron chi connectivity index (χ0n) is 6.56. The molecular formula is C8H17N. The first-order chi connectivity index (χ1) is 4.36. The topological polar surface area (TPSA) is 3.24 Å². The minimum Gasteiger partial charge on any atom is -0.304 e. The maximum Gasteiger partial charge on any atom is 0.000943 e. The Morgan fingerprint density at radius 3 is 2.11 bits per heavy atom. The van der Waals surface area contributed by atoms with Gasteiger partial charge in [0.1, 0.15) is 0 Å². The molecule has 1 heteroatoms. The van der Waals surface area contributed by atoms with Crippen molar-refractivity contribution in [3.8, 4) is 0 Å². The van der Waals surface area contributed by atoms with E-state index >= 15 is 0 Å². The molecule has 1 aliphatic rings. The third-order valence-corrected chi connectivity index (χ3v) is 2.11. The van der Waals surface area contributed by atoms with Gasteiger partial charge in [-0.25, -0.2) is 0 Å². The van der Waals surface area contributed by atoms with E-state index in [4.69, 9.17) is 0 Å². The molecule has 0 heterocycles. The van der Waals surface area contributed by atoms with Crippen molar-refractivity contribution in [2.24, 2.45) is 5.92 Å². The molecule has 1 aliphatic carbocycles. The van der Waals surface area contributed by atoms with E-state index in [1.807, 2.05) is 0 Å². The zero-order valence-corrected chi connectivity index (χ0v) is 6.56. The van der Waals surface area contributed by atoms with Gasteiger partial charge >= 0.3 is 0 Å². The van der Waals surface area contributed by atoms with Gasteiger partial charge in [-0.05, 0) is 31.8 Å². The van der Waals surface area contributed by atoms with Crippen molar-refractivity contribution in [3.05, 3.63) is 0 Å². The van der Waals surface area contributed by atoms with Crippen molar-refractivity contribution >= 4 is 0 Å². The highest BCUT2D eigenvalue weighted by Crippen LogP contribution is 2.29. The van der Waals surface area contributed by atoms with E-state index in [0.29, 0.717) is 0 Å². The fourth-order valence-corrected chi connectivity index (χ4v) is 1.15. The lowest BCUT2D eigenvalue weighted by atomic mass is 10.3. The lowest BCUT2D eigenvalue weighted by Crippen LogP contribution is -2.24. The third kappa shape index (κ3) is 2.35. The minimum atomic E-state index is 1.06. The molecule has 0 aromatic rings. The second-order valence-electron chi connectivity index (χ2n) is 2.93. The van der Waals surface area contributed by atoms with Crippen LogP contribution < -0.4 is 0 Å². The molecule has 0 aromatic carbocycles. The summed E-state index contributed by atoms with van der Waals surface area (Å²) in [7, 11) is 0. The Bertz CT molecular complexity index is 72.6. The highest BCUT2D eigenvalue weighted by Gasteiger charge is 2.22. The quantitative estimate of drug-likeness (QED) is 0.556. The van der Waals surface area contributed by atoms with Crippen molar-refractivity contribution in [2.75, 3.05) is 19.6 Å². The van der Waals surface area contributed by atoms with Gasteiger partial charge in [-0.15, -0.1) is 0 Å². The molecule has 0 spiro atoms. The second kappa shape index (κ2) is 3.21. The Morgan fingerprint density at radius 2 is 1.78 bits per heavy atom. The minimum absolute atomic E-state index is 1.06. The summed E-state index contributed by atoms with van der Waals surface area (Å²) in [6.07, 6.45) is 2.97. The van der Waals surface area contributed by atoms with Crippen LogP contribution in [-0.4, -0.2) is 24.5 Å². The van der Waals surface area contributed by atoms with E-state index < -0.39 is 0 Å². The van der Waals surface area contributed by atoms with Crippen LogP contribution in [0.1, 0.15) is 26.7 Å². The van der Waals surface area contributed by atoms with Crippen LogP contribution in [0.25, 0.3) is 0 Å². The predicted molar refractivity (Wildman–Crippen MR) is 40.5 cm³/mol. The van der Waals surface area contributed by atoms with Gasteiger partial charge in [-0.3, -0.25) is 0 Å². The zero-order chi connectivity index (χ0) is 6.69. The van der Waals surface area contributed by atoms with Crippen LogP contribution >= 0.6 is 0 Å². The van der Waals surface area contributed by atoms with Crippen LogP contribution in [-0.2, 0) is 0 Å². The van der Waals surface area contributed by atoms with E-state index in [-0.39, 0.29) is 0 Å². The Kier molecular flexibility index (Phi) is 2.52. The van der Waals surface area contributed by atoms with E-state index in [1.54, 1.807) is 0 Å². The van der Waals surface area contributed by atoms with E-state index in [0.717, 1.165) is 5.92 Å². The molecule has 0 aliphatic heterocycles. The van der Waals surface area contributed by atoms with E-state index in [9.17, 15) is 0 Å². The third-order valence-electron chi connectivity index (χ3n) is 2.11. The molecule has 0 saturated heterocycles. The summed E-state index contributed by atoms with van der Waals surface area (Å²) >= 11 is 0. The molecule has 0 radical (unpaired) electrons. The predicted octanol–water partition coefficient (Wildman–Crippen LogP) is 1.74. The van der Waals surface area contributed by atoms with Crippen LogP contribution in [0, 0.1) is 5.92 Å². The summed E-state index contributed by atoms with van der Waals surface area (Å²) < 4.78 is 0. The summed E-state index contributed by atoms with van der Waals surface area (Å²) in [6.45, 7) is 8.30. The van der Waals surface area contributed by atoms with Crippen molar-refractivity contribution in [1.29, 1.82) is 0 Å². The molecule has 0 aromatic heterocycles. The smallest absolute Gasteiger partial charge is 0.000943 e. The van der Waals surface area contributed by atoms with Gasteiger partial charge in [0.15, 0.2) is 0 Å². The molecule has 54 valence electrons. The number of rotatable bonds is 4. The normalized spacial score (nSPS) is 19.0. The van der Waals surface area contributed by atoms with E-state index in [2.05, 4.69) is 18.7 Å². The molecule has 0 unspecified atom stereocenters. The van der Waals surface area contributed by atoms with Gasteiger partial charge < -0.3 is 4.90 Å². The van der Waals surface area contributed by atoms with Gasteiger partial charge in [-0.2, -0.15) is 0 Å². The Labute approximate surface area is 58.0 Å². The van der Waals surface area contributed by atoms with Crippen LogP contribution in [0.15, 0.2) is 0 Å². The summed E-state index contributed by atoms with van der Waals surface area (Å²) in [5, 5.41) is 0. The van der Waals surface area contributed by atoms with Crippen molar-refractivity contribution in [2.45, 2.75) is 26.7 Å². The van der Waals surface area contributed by atoms with Crippen LogP contribution in [0.2, 0.25) is 0 Å². The molecule has 0 atom stereocenters. The summed E-state index contributed by atoms with van der Waals surface area (Å²) in [6, 6.07) is 0. The monoisotopic (exact) mass is 127 g/mol. The SMILES string of the molecule is CCN(CC)CC1CC1. The number of hydrogen-bond acceptors (Lipinski definition) is 1. The maximum atomic E-state index is 2.51. The lowest BCUT2D eigenvalue weighted by molar-refractivity contribution is 0.291. The first kappa shape index (κ1) is 7.07. The van der Waals surface area contributed by atoms with Crippen LogP contribution in [0.5, 0.6) is 0 Å². The fraction of sp³-hybridized carbons (Fsp3) is 1.00. The average Bonchev–Trinajstić information content (AvgIpc) is 2.66. The average molecular weight is 127 g/mol. The highest BCUT2D eigenvalue weighted by atomic mass is 15.1. The number of hydrogen-bond donors (Lipinski definition) is 0. The summed E-state index contributed by atoms with van der Waals surface area (Å²) in [4.78, 5) is 2.51. The Hall–Kier alpha value is -0.0400. The Morgan fingerprint density at radius 1 is 1.22 bits per heavy atom. The molecule has 9 heavy (non-hydrogen) atoms. The highest BCUT2D eigenvalue weighted by molar-refractivity contribution is 4.76. The van der Waals surface area contributed by atoms with Gasteiger partial charge in [0, 0.05) is 6.54 Å². The van der Waals surface area contributed by atoms with Gasteiger partial charge in [-0.1, -0.05) is 13.8 Å². The lowest BCUT2D eigenvalue weighted by Gasteiger charge is -2.16. The molecule has 0 amide bonds. The van der Waals surface area contributed by atoms with Gasteiger partial charge in [0.05, 0.1) is 0 Å².